The molecule has 2 heterocycles. The second-order valence-electron chi connectivity index (χ2n) is 6.95. The van der Waals surface area contributed by atoms with Crippen molar-refractivity contribution in [2.75, 3.05) is 4.90 Å². The van der Waals surface area contributed by atoms with E-state index in [-0.39, 0.29) is 11.1 Å². The van der Waals surface area contributed by atoms with E-state index in [0.717, 1.165) is 10.5 Å². The maximum absolute atomic E-state index is 13.1. The van der Waals surface area contributed by atoms with Crippen LogP contribution in [-0.4, -0.2) is 33.5 Å². The number of benzene rings is 2. The van der Waals surface area contributed by atoms with Gasteiger partial charge in [0.05, 0.1) is 11.3 Å². The van der Waals surface area contributed by atoms with Crippen LogP contribution in [0.25, 0.3) is 11.8 Å². The van der Waals surface area contributed by atoms with Crippen LogP contribution in [0, 0.1) is 6.92 Å². The maximum Gasteiger partial charge on any atom is 0.335 e. The second kappa shape index (κ2) is 7.75. The fourth-order valence-corrected chi connectivity index (χ4v) is 3.32. The molecule has 2 aromatic carbocycles. The molecule has 0 saturated carbocycles. The van der Waals surface area contributed by atoms with Gasteiger partial charge in [-0.1, -0.05) is 12.1 Å². The standard InChI is InChI=1S/C23H17N3O5/c1-14-4-2-5-18(12-14)26-21(28)19(20(27)24-23(26)31)13-17-6-3-11-25(17)16-9-7-15(8-10-16)22(29)30/h2-13H,1H3,(H,29,30)(H,24,27,31)/b19-13-. The highest BCUT2D eigenvalue weighted by atomic mass is 16.4. The third kappa shape index (κ3) is 3.74. The predicted octanol–water partition coefficient (Wildman–Crippen LogP) is 3.15. The van der Waals surface area contributed by atoms with Crippen molar-refractivity contribution in [3.8, 4) is 5.69 Å². The van der Waals surface area contributed by atoms with E-state index in [1.807, 2.05) is 13.0 Å². The summed E-state index contributed by atoms with van der Waals surface area (Å²) in [6.45, 7) is 1.83. The third-order valence-corrected chi connectivity index (χ3v) is 4.83. The number of barbiturate groups is 1. The first-order valence-electron chi connectivity index (χ1n) is 9.34. The van der Waals surface area contributed by atoms with E-state index in [0.29, 0.717) is 17.1 Å². The summed E-state index contributed by atoms with van der Waals surface area (Å²) in [5, 5.41) is 11.3. The number of carboxylic acids is 1. The van der Waals surface area contributed by atoms with Crippen molar-refractivity contribution < 1.29 is 24.3 Å². The number of carbonyl (C=O) groups is 4. The average Bonchev–Trinajstić information content (AvgIpc) is 3.19. The Labute approximate surface area is 177 Å². The number of carboxylic acid groups (broad SMARTS) is 1. The van der Waals surface area contributed by atoms with Crippen LogP contribution in [0.5, 0.6) is 0 Å². The molecule has 1 aliphatic rings. The zero-order valence-electron chi connectivity index (χ0n) is 16.4. The van der Waals surface area contributed by atoms with Crippen LogP contribution >= 0.6 is 0 Å². The molecule has 31 heavy (non-hydrogen) atoms. The van der Waals surface area contributed by atoms with Crippen LogP contribution in [-0.2, 0) is 9.59 Å². The smallest absolute Gasteiger partial charge is 0.335 e. The molecule has 1 fully saturated rings. The number of nitrogens with one attached hydrogen (secondary N) is 1. The molecule has 8 heteroatoms. The van der Waals surface area contributed by atoms with Crippen molar-refractivity contribution in [2.45, 2.75) is 6.92 Å². The Balaban J connectivity index is 1.72. The fraction of sp³-hybridized carbons (Fsp3) is 0.0435. The van der Waals surface area contributed by atoms with E-state index >= 15 is 0 Å². The molecule has 0 spiro atoms. The van der Waals surface area contributed by atoms with Crippen molar-refractivity contribution in [3.63, 3.8) is 0 Å². The molecule has 1 aromatic heterocycles. The van der Waals surface area contributed by atoms with Crippen molar-refractivity contribution >= 4 is 35.6 Å². The van der Waals surface area contributed by atoms with Gasteiger partial charge in [0.25, 0.3) is 11.8 Å². The fourth-order valence-electron chi connectivity index (χ4n) is 3.32. The third-order valence-electron chi connectivity index (χ3n) is 4.83. The number of hydrogen-bond donors (Lipinski definition) is 2. The zero-order valence-corrected chi connectivity index (χ0v) is 16.4. The number of rotatable bonds is 4. The number of aromatic carboxylic acids is 1. The Morgan fingerprint density at radius 3 is 2.39 bits per heavy atom. The first-order valence-corrected chi connectivity index (χ1v) is 9.34. The number of urea groups is 1. The number of imide groups is 2. The Kier molecular flexibility index (Phi) is 4.96. The van der Waals surface area contributed by atoms with Crippen LogP contribution < -0.4 is 10.2 Å². The summed E-state index contributed by atoms with van der Waals surface area (Å²) in [5.41, 5.74) is 2.34. The topological polar surface area (TPSA) is 109 Å². The molecule has 8 nitrogen and oxygen atoms in total. The number of anilines is 1. The van der Waals surface area contributed by atoms with Crippen LogP contribution in [0.1, 0.15) is 21.6 Å². The number of aryl methyl sites for hydroxylation is 1. The van der Waals surface area contributed by atoms with Gasteiger partial charge in [-0.05, 0) is 67.1 Å². The molecule has 154 valence electrons. The normalized spacial score (nSPS) is 15.3. The lowest BCUT2D eigenvalue weighted by Crippen LogP contribution is -2.54. The van der Waals surface area contributed by atoms with Gasteiger partial charge >= 0.3 is 12.0 Å². The molecule has 0 bridgehead atoms. The van der Waals surface area contributed by atoms with Gasteiger partial charge in [0, 0.05) is 17.6 Å². The summed E-state index contributed by atoms with van der Waals surface area (Å²) in [5.74, 6) is -2.55. The molecule has 0 atom stereocenters. The minimum absolute atomic E-state index is 0.143. The quantitative estimate of drug-likeness (QED) is 0.503. The first kappa shape index (κ1) is 19.8. The molecular formula is C23H17N3O5. The lowest BCUT2D eigenvalue weighted by molar-refractivity contribution is -0.122. The van der Waals surface area contributed by atoms with Crippen LogP contribution in [0.15, 0.2) is 72.4 Å². The maximum atomic E-state index is 13.1. The van der Waals surface area contributed by atoms with Crippen LogP contribution in [0.4, 0.5) is 10.5 Å². The van der Waals surface area contributed by atoms with Gasteiger partial charge in [-0.3, -0.25) is 14.9 Å². The van der Waals surface area contributed by atoms with E-state index in [1.165, 1.54) is 18.2 Å². The monoisotopic (exact) mass is 415 g/mol. The van der Waals surface area contributed by atoms with Gasteiger partial charge in [0.1, 0.15) is 5.57 Å². The van der Waals surface area contributed by atoms with Crippen molar-refractivity contribution in [1.29, 1.82) is 0 Å². The highest BCUT2D eigenvalue weighted by Crippen LogP contribution is 2.24. The van der Waals surface area contributed by atoms with Gasteiger partial charge in [0.15, 0.2) is 0 Å². The molecule has 4 rings (SSSR count). The number of nitrogens with zero attached hydrogens (tertiary/aromatic N) is 2. The summed E-state index contributed by atoms with van der Waals surface area (Å²) in [7, 11) is 0. The van der Waals surface area contributed by atoms with Gasteiger partial charge in [-0.25, -0.2) is 14.5 Å². The summed E-state index contributed by atoms with van der Waals surface area (Å²) >= 11 is 0. The largest absolute Gasteiger partial charge is 0.478 e. The molecule has 0 unspecified atom stereocenters. The molecule has 1 aliphatic heterocycles. The number of aromatic nitrogens is 1. The Hall–Kier alpha value is -4.46. The minimum atomic E-state index is -1.04. The number of amides is 4. The Morgan fingerprint density at radius 2 is 1.71 bits per heavy atom. The number of carbonyl (C=O) groups excluding carboxylic acids is 3. The zero-order chi connectivity index (χ0) is 22.1. The second-order valence-corrected chi connectivity index (χ2v) is 6.95. The molecule has 2 N–H and O–H groups in total. The summed E-state index contributed by atoms with van der Waals surface area (Å²) < 4.78 is 1.70. The Morgan fingerprint density at radius 1 is 0.968 bits per heavy atom. The lowest BCUT2D eigenvalue weighted by Gasteiger charge is -2.26. The highest BCUT2D eigenvalue weighted by molar-refractivity contribution is 6.39. The van der Waals surface area contributed by atoms with E-state index < -0.39 is 23.8 Å². The van der Waals surface area contributed by atoms with Gasteiger partial charge in [-0.15, -0.1) is 0 Å². The molecule has 0 radical (unpaired) electrons. The molecule has 4 amide bonds. The number of hydrogen-bond acceptors (Lipinski definition) is 4. The molecule has 0 aliphatic carbocycles. The van der Waals surface area contributed by atoms with Crippen molar-refractivity contribution in [1.82, 2.24) is 9.88 Å². The lowest BCUT2D eigenvalue weighted by atomic mass is 10.1. The molecular weight excluding hydrogens is 398 g/mol. The highest BCUT2D eigenvalue weighted by Gasteiger charge is 2.37. The van der Waals surface area contributed by atoms with E-state index in [1.54, 1.807) is 53.2 Å². The van der Waals surface area contributed by atoms with Crippen molar-refractivity contribution in [3.05, 3.63) is 89.3 Å². The molecule has 1 saturated heterocycles. The minimum Gasteiger partial charge on any atom is -0.478 e. The summed E-state index contributed by atoms with van der Waals surface area (Å²) in [6.07, 6.45) is 3.12. The van der Waals surface area contributed by atoms with Gasteiger partial charge in [-0.2, -0.15) is 0 Å². The predicted molar refractivity (Wildman–Crippen MR) is 113 cm³/mol. The summed E-state index contributed by atoms with van der Waals surface area (Å²) in [6, 6.07) is 15.6. The first-order chi connectivity index (χ1) is 14.8. The summed E-state index contributed by atoms with van der Waals surface area (Å²) in [4.78, 5) is 49.8. The van der Waals surface area contributed by atoms with E-state index in [9.17, 15) is 19.2 Å². The van der Waals surface area contributed by atoms with E-state index in [2.05, 4.69) is 5.32 Å². The average molecular weight is 415 g/mol. The van der Waals surface area contributed by atoms with Crippen LogP contribution in [0.2, 0.25) is 0 Å². The van der Waals surface area contributed by atoms with Gasteiger partial charge < -0.3 is 9.67 Å². The molecule has 3 aromatic rings. The van der Waals surface area contributed by atoms with Gasteiger partial charge in [0.2, 0.25) is 0 Å². The Bertz CT molecular complexity index is 1250. The van der Waals surface area contributed by atoms with Crippen LogP contribution in [0.3, 0.4) is 0 Å². The van der Waals surface area contributed by atoms with Crippen molar-refractivity contribution in [2.24, 2.45) is 0 Å². The van der Waals surface area contributed by atoms with E-state index in [4.69, 9.17) is 5.11 Å². The SMILES string of the molecule is Cc1cccc(N2C(=O)NC(=O)/C(=C/c3cccn3-c3ccc(C(=O)O)cc3)C2=O)c1.